The van der Waals surface area contributed by atoms with Crippen molar-refractivity contribution in [1.82, 2.24) is 0 Å². The Labute approximate surface area is 105 Å². The smallest absolute Gasteiger partial charge is 0.339 e. The molecular formula is C14H14N2O2. The van der Waals surface area contributed by atoms with Crippen LogP contribution in [-0.2, 0) is 4.74 Å². The lowest BCUT2D eigenvalue weighted by Crippen LogP contribution is -2.06. The van der Waals surface area contributed by atoms with Crippen molar-refractivity contribution in [2.75, 3.05) is 18.2 Å². The average Bonchev–Trinajstić information content (AvgIpc) is 2.41. The molecule has 0 aliphatic carbocycles. The summed E-state index contributed by atoms with van der Waals surface area (Å²) in [6.07, 6.45) is 0. The van der Waals surface area contributed by atoms with Crippen molar-refractivity contribution in [3.05, 3.63) is 54.1 Å². The van der Waals surface area contributed by atoms with Gasteiger partial charge in [-0.05, 0) is 24.3 Å². The van der Waals surface area contributed by atoms with Gasteiger partial charge in [-0.25, -0.2) is 4.79 Å². The summed E-state index contributed by atoms with van der Waals surface area (Å²) in [5, 5.41) is 3.13. The van der Waals surface area contributed by atoms with E-state index < -0.39 is 0 Å². The number of esters is 1. The number of nitrogens with two attached hydrogens (primary N) is 1. The molecular weight excluding hydrogens is 228 g/mol. The summed E-state index contributed by atoms with van der Waals surface area (Å²) >= 11 is 0. The van der Waals surface area contributed by atoms with Gasteiger partial charge in [0.05, 0.1) is 29.7 Å². The number of nitrogens with one attached hydrogen (secondary N) is 1. The zero-order valence-corrected chi connectivity index (χ0v) is 10.0. The third kappa shape index (κ3) is 2.43. The molecule has 92 valence electrons. The minimum absolute atomic E-state index is 0.382. The normalized spacial score (nSPS) is 9.83. The number of anilines is 3. The number of carbonyl (C=O) groups excluding carboxylic acids is 1. The maximum absolute atomic E-state index is 11.6. The molecule has 0 fully saturated rings. The van der Waals surface area contributed by atoms with Crippen LogP contribution in [0.3, 0.4) is 0 Å². The molecule has 2 aromatic carbocycles. The molecule has 0 unspecified atom stereocenters. The fourth-order valence-corrected chi connectivity index (χ4v) is 1.64. The Hall–Kier alpha value is -2.49. The fourth-order valence-electron chi connectivity index (χ4n) is 1.64. The van der Waals surface area contributed by atoms with Crippen LogP contribution in [0.2, 0.25) is 0 Å². The summed E-state index contributed by atoms with van der Waals surface area (Å²) in [5.74, 6) is -0.382. The SMILES string of the molecule is COC(=O)c1ccccc1Nc1ccccc1N. The molecule has 0 atom stereocenters. The Balaban J connectivity index is 2.35. The second-order valence-electron chi connectivity index (χ2n) is 3.75. The van der Waals surface area contributed by atoms with Crippen LogP contribution in [0.1, 0.15) is 10.4 Å². The van der Waals surface area contributed by atoms with Crippen LogP contribution in [0.15, 0.2) is 48.5 Å². The summed E-state index contributed by atoms with van der Waals surface area (Å²) in [5.41, 5.74) is 8.37. The van der Waals surface area contributed by atoms with E-state index in [1.165, 1.54) is 7.11 Å². The third-order valence-corrected chi connectivity index (χ3v) is 2.56. The van der Waals surface area contributed by atoms with Gasteiger partial charge in [0.1, 0.15) is 0 Å². The van der Waals surface area contributed by atoms with Crippen LogP contribution in [0.4, 0.5) is 17.1 Å². The van der Waals surface area contributed by atoms with Gasteiger partial charge >= 0.3 is 5.97 Å². The summed E-state index contributed by atoms with van der Waals surface area (Å²) in [4.78, 5) is 11.6. The second kappa shape index (κ2) is 5.23. The molecule has 0 spiro atoms. The molecule has 4 heteroatoms. The lowest BCUT2D eigenvalue weighted by atomic mass is 10.1. The first kappa shape index (κ1) is 12.0. The molecule has 0 bridgehead atoms. The maximum Gasteiger partial charge on any atom is 0.339 e. The molecule has 18 heavy (non-hydrogen) atoms. The second-order valence-corrected chi connectivity index (χ2v) is 3.75. The Morgan fingerprint density at radius 2 is 1.67 bits per heavy atom. The number of rotatable bonds is 3. The lowest BCUT2D eigenvalue weighted by molar-refractivity contribution is 0.0602. The van der Waals surface area contributed by atoms with Gasteiger partial charge in [-0.3, -0.25) is 0 Å². The highest BCUT2D eigenvalue weighted by Crippen LogP contribution is 2.25. The highest BCUT2D eigenvalue weighted by atomic mass is 16.5. The van der Waals surface area contributed by atoms with Crippen LogP contribution in [0, 0.1) is 0 Å². The first-order valence-electron chi connectivity index (χ1n) is 5.51. The molecule has 0 amide bonds. The first-order valence-corrected chi connectivity index (χ1v) is 5.51. The summed E-state index contributed by atoms with van der Waals surface area (Å²) in [6, 6.07) is 14.5. The minimum Gasteiger partial charge on any atom is -0.465 e. The third-order valence-electron chi connectivity index (χ3n) is 2.56. The minimum atomic E-state index is -0.382. The number of hydrogen-bond donors (Lipinski definition) is 2. The molecule has 2 aromatic rings. The van der Waals surface area contributed by atoms with Gasteiger partial charge in [0, 0.05) is 0 Å². The van der Waals surface area contributed by atoms with Crippen molar-refractivity contribution >= 4 is 23.0 Å². The van der Waals surface area contributed by atoms with E-state index in [1.54, 1.807) is 24.3 Å². The average molecular weight is 242 g/mol. The monoisotopic (exact) mass is 242 g/mol. The molecule has 0 aliphatic heterocycles. The van der Waals surface area contributed by atoms with E-state index in [2.05, 4.69) is 5.32 Å². The first-order chi connectivity index (χ1) is 8.72. The quantitative estimate of drug-likeness (QED) is 0.641. The molecule has 0 saturated heterocycles. The molecule has 0 radical (unpaired) electrons. The molecule has 0 aromatic heterocycles. The largest absolute Gasteiger partial charge is 0.465 e. The molecule has 3 N–H and O–H groups in total. The van der Waals surface area contributed by atoms with Gasteiger partial charge in [0.15, 0.2) is 0 Å². The molecule has 4 nitrogen and oxygen atoms in total. The maximum atomic E-state index is 11.6. The van der Waals surface area contributed by atoms with Gasteiger partial charge in [0.25, 0.3) is 0 Å². The van der Waals surface area contributed by atoms with E-state index in [4.69, 9.17) is 10.5 Å². The number of carbonyl (C=O) groups is 1. The van der Waals surface area contributed by atoms with Crippen molar-refractivity contribution in [3.8, 4) is 0 Å². The molecule has 0 saturated carbocycles. The van der Waals surface area contributed by atoms with Crippen molar-refractivity contribution in [2.45, 2.75) is 0 Å². The predicted octanol–water partition coefficient (Wildman–Crippen LogP) is 2.80. The van der Waals surface area contributed by atoms with Crippen molar-refractivity contribution < 1.29 is 9.53 Å². The van der Waals surface area contributed by atoms with E-state index >= 15 is 0 Å². The van der Waals surface area contributed by atoms with Crippen LogP contribution >= 0.6 is 0 Å². The van der Waals surface area contributed by atoms with Crippen molar-refractivity contribution in [3.63, 3.8) is 0 Å². The Morgan fingerprint density at radius 1 is 1.06 bits per heavy atom. The van der Waals surface area contributed by atoms with Crippen LogP contribution in [0.25, 0.3) is 0 Å². The van der Waals surface area contributed by atoms with Gasteiger partial charge < -0.3 is 15.8 Å². The van der Waals surface area contributed by atoms with Gasteiger partial charge in [-0.1, -0.05) is 24.3 Å². The van der Waals surface area contributed by atoms with E-state index in [9.17, 15) is 4.79 Å². The topological polar surface area (TPSA) is 64.3 Å². The van der Waals surface area contributed by atoms with Gasteiger partial charge in [-0.2, -0.15) is 0 Å². The summed E-state index contributed by atoms with van der Waals surface area (Å²) < 4.78 is 4.73. The number of nitrogen functional groups attached to an aromatic ring is 1. The zero-order chi connectivity index (χ0) is 13.0. The van der Waals surface area contributed by atoms with E-state index in [0.717, 1.165) is 5.69 Å². The number of ether oxygens (including phenoxy) is 1. The summed E-state index contributed by atoms with van der Waals surface area (Å²) in [7, 11) is 1.36. The number of benzene rings is 2. The predicted molar refractivity (Wildman–Crippen MR) is 71.9 cm³/mol. The van der Waals surface area contributed by atoms with Crippen molar-refractivity contribution in [2.24, 2.45) is 0 Å². The zero-order valence-electron chi connectivity index (χ0n) is 10.0. The fraction of sp³-hybridized carbons (Fsp3) is 0.0714. The van der Waals surface area contributed by atoms with Crippen LogP contribution < -0.4 is 11.1 Å². The molecule has 2 rings (SSSR count). The van der Waals surface area contributed by atoms with Crippen LogP contribution in [0.5, 0.6) is 0 Å². The number of para-hydroxylation sites is 3. The highest BCUT2D eigenvalue weighted by molar-refractivity contribution is 5.96. The Bertz CT molecular complexity index is 567. The summed E-state index contributed by atoms with van der Waals surface area (Å²) in [6.45, 7) is 0. The number of hydrogen-bond acceptors (Lipinski definition) is 4. The Morgan fingerprint density at radius 3 is 2.33 bits per heavy atom. The van der Waals surface area contributed by atoms with E-state index in [1.807, 2.05) is 24.3 Å². The van der Waals surface area contributed by atoms with Crippen molar-refractivity contribution in [1.29, 1.82) is 0 Å². The van der Waals surface area contributed by atoms with Gasteiger partial charge in [0.2, 0.25) is 0 Å². The lowest BCUT2D eigenvalue weighted by Gasteiger charge is -2.12. The van der Waals surface area contributed by atoms with Gasteiger partial charge in [-0.15, -0.1) is 0 Å². The van der Waals surface area contributed by atoms with E-state index in [0.29, 0.717) is 16.9 Å². The molecule has 0 aliphatic rings. The molecule has 0 heterocycles. The number of methoxy groups -OCH3 is 1. The Kier molecular flexibility index (Phi) is 3.48. The van der Waals surface area contributed by atoms with E-state index in [-0.39, 0.29) is 5.97 Å². The highest BCUT2D eigenvalue weighted by Gasteiger charge is 2.11. The van der Waals surface area contributed by atoms with Crippen LogP contribution in [-0.4, -0.2) is 13.1 Å². The standard InChI is InChI=1S/C14H14N2O2/c1-18-14(17)10-6-2-4-8-12(10)16-13-9-5-3-7-11(13)15/h2-9,16H,15H2,1H3.